The molecule has 0 fully saturated rings. The minimum absolute atomic E-state index is 0.0589. The maximum Gasteiger partial charge on any atom is 0.307 e. The zero-order chi connectivity index (χ0) is 13.0. The molecule has 0 saturated heterocycles. The van der Waals surface area contributed by atoms with Gasteiger partial charge in [-0.1, -0.05) is 18.2 Å². The lowest BCUT2D eigenvalue weighted by Gasteiger charge is -2.10. The van der Waals surface area contributed by atoms with Gasteiger partial charge in [0.15, 0.2) is 0 Å². The van der Waals surface area contributed by atoms with Crippen molar-refractivity contribution in [3.05, 3.63) is 29.8 Å². The monoisotopic (exact) mass is 248 g/mol. The van der Waals surface area contributed by atoms with Gasteiger partial charge in [0.05, 0.1) is 19.4 Å². The summed E-state index contributed by atoms with van der Waals surface area (Å²) < 4.78 is 4.51. The number of carbonyl (C=O) groups is 2. The van der Waals surface area contributed by atoms with Crippen molar-refractivity contribution in [2.45, 2.75) is 12.3 Å². The Morgan fingerprint density at radius 3 is 3.00 bits per heavy atom. The Morgan fingerprint density at radius 1 is 1.44 bits per heavy atom. The van der Waals surface area contributed by atoms with Crippen molar-refractivity contribution in [3.8, 4) is 0 Å². The van der Waals surface area contributed by atoms with Crippen LogP contribution in [0, 0.1) is 0 Å². The van der Waals surface area contributed by atoms with Gasteiger partial charge in [-0.05, 0) is 11.6 Å². The van der Waals surface area contributed by atoms with Crippen LogP contribution in [0.2, 0.25) is 0 Å². The van der Waals surface area contributed by atoms with Crippen LogP contribution in [0.4, 0.5) is 5.69 Å². The second-order valence-corrected chi connectivity index (χ2v) is 4.14. The number of fused-ring (bicyclic) bond motifs is 1. The lowest BCUT2D eigenvalue weighted by atomic mass is 10.0. The number of hydrogen-bond acceptors (Lipinski definition) is 4. The summed E-state index contributed by atoms with van der Waals surface area (Å²) in [5, 5.41) is 5.94. The largest absolute Gasteiger partial charge is 0.469 e. The van der Waals surface area contributed by atoms with E-state index in [0.29, 0.717) is 13.1 Å². The molecule has 1 aromatic rings. The van der Waals surface area contributed by atoms with Crippen molar-refractivity contribution in [1.29, 1.82) is 0 Å². The average molecular weight is 248 g/mol. The number of amides is 1. The lowest BCUT2D eigenvalue weighted by molar-refractivity contribution is -0.140. The minimum atomic E-state index is -0.319. The van der Waals surface area contributed by atoms with Crippen molar-refractivity contribution in [2.24, 2.45) is 0 Å². The molecule has 5 heteroatoms. The van der Waals surface area contributed by atoms with Gasteiger partial charge in [-0.3, -0.25) is 9.59 Å². The summed E-state index contributed by atoms with van der Waals surface area (Å²) in [7, 11) is 1.33. The normalized spacial score (nSPS) is 16.6. The third-order valence-electron chi connectivity index (χ3n) is 3.01. The quantitative estimate of drug-likeness (QED) is 0.776. The van der Waals surface area contributed by atoms with E-state index >= 15 is 0 Å². The third kappa shape index (κ3) is 2.61. The van der Waals surface area contributed by atoms with Gasteiger partial charge in [-0.2, -0.15) is 0 Å². The topological polar surface area (TPSA) is 67.4 Å². The molecule has 1 aliphatic rings. The van der Waals surface area contributed by atoms with Crippen LogP contribution in [0.5, 0.6) is 0 Å². The van der Waals surface area contributed by atoms with E-state index in [9.17, 15) is 9.59 Å². The van der Waals surface area contributed by atoms with E-state index in [-0.39, 0.29) is 24.2 Å². The van der Waals surface area contributed by atoms with Gasteiger partial charge in [-0.25, -0.2) is 0 Å². The molecule has 0 radical (unpaired) electrons. The summed E-state index contributed by atoms with van der Waals surface area (Å²) in [6, 6.07) is 7.75. The van der Waals surface area contributed by atoms with E-state index in [1.165, 1.54) is 7.11 Å². The van der Waals surface area contributed by atoms with Crippen LogP contribution in [0.15, 0.2) is 24.3 Å². The molecule has 1 amide bonds. The fourth-order valence-electron chi connectivity index (χ4n) is 2.03. The van der Waals surface area contributed by atoms with Crippen molar-refractivity contribution >= 4 is 17.6 Å². The predicted molar refractivity (Wildman–Crippen MR) is 67.3 cm³/mol. The van der Waals surface area contributed by atoms with E-state index in [4.69, 9.17) is 0 Å². The first kappa shape index (κ1) is 12.4. The molecule has 0 bridgehead atoms. The highest BCUT2D eigenvalue weighted by Crippen LogP contribution is 2.30. The fraction of sp³-hybridized carbons (Fsp3) is 0.385. The number of methoxy groups -OCH3 is 1. The lowest BCUT2D eigenvalue weighted by Crippen LogP contribution is -2.32. The molecule has 2 N–H and O–H groups in total. The number of esters is 1. The van der Waals surface area contributed by atoms with Crippen LogP contribution >= 0.6 is 0 Å². The van der Waals surface area contributed by atoms with Crippen LogP contribution in [0.1, 0.15) is 17.9 Å². The average Bonchev–Trinajstić information content (AvgIpc) is 2.82. The molecular weight excluding hydrogens is 232 g/mol. The molecular formula is C13H16N2O3. The van der Waals surface area contributed by atoms with Gasteiger partial charge in [0.25, 0.3) is 0 Å². The number of para-hydroxylation sites is 1. The second kappa shape index (κ2) is 5.53. The number of anilines is 1. The van der Waals surface area contributed by atoms with E-state index in [1.54, 1.807) is 0 Å². The van der Waals surface area contributed by atoms with E-state index < -0.39 is 0 Å². The van der Waals surface area contributed by atoms with E-state index in [0.717, 1.165) is 11.3 Å². The summed E-state index contributed by atoms with van der Waals surface area (Å²) in [5.41, 5.74) is 2.01. The van der Waals surface area contributed by atoms with E-state index in [1.807, 2.05) is 24.3 Å². The Balaban J connectivity index is 1.90. The SMILES string of the molecule is COC(=O)CCNC(=O)C1CNc2ccccc21. The van der Waals surface area contributed by atoms with Crippen molar-refractivity contribution < 1.29 is 14.3 Å². The second-order valence-electron chi connectivity index (χ2n) is 4.14. The molecule has 18 heavy (non-hydrogen) atoms. The van der Waals surface area contributed by atoms with Gasteiger partial charge < -0.3 is 15.4 Å². The molecule has 1 aliphatic heterocycles. The van der Waals surface area contributed by atoms with Gasteiger partial charge >= 0.3 is 5.97 Å². The number of benzene rings is 1. The summed E-state index contributed by atoms with van der Waals surface area (Å²) in [5.74, 6) is -0.560. The molecule has 1 atom stereocenters. The zero-order valence-electron chi connectivity index (χ0n) is 10.2. The molecule has 0 spiro atoms. The summed E-state index contributed by atoms with van der Waals surface area (Å²) in [6.45, 7) is 0.910. The molecule has 0 aromatic heterocycles. The number of hydrogen-bond donors (Lipinski definition) is 2. The highest BCUT2D eigenvalue weighted by molar-refractivity contribution is 5.88. The molecule has 1 aromatic carbocycles. The van der Waals surface area contributed by atoms with E-state index in [2.05, 4.69) is 15.4 Å². The highest BCUT2D eigenvalue weighted by Gasteiger charge is 2.27. The first-order valence-electron chi connectivity index (χ1n) is 5.89. The molecule has 1 unspecified atom stereocenters. The molecule has 2 rings (SSSR count). The standard InChI is InChI=1S/C13H16N2O3/c1-18-12(16)6-7-14-13(17)10-8-15-11-5-3-2-4-9(10)11/h2-5,10,15H,6-8H2,1H3,(H,14,17). The molecule has 0 saturated carbocycles. The van der Waals surface area contributed by atoms with Crippen LogP contribution < -0.4 is 10.6 Å². The van der Waals surface area contributed by atoms with Gasteiger partial charge in [0.2, 0.25) is 5.91 Å². The number of rotatable bonds is 4. The van der Waals surface area contributed by atoms with Crippen molar-refractivity contribution in [2.75, 3.05) is 25.5 Å². The summed E-state index contributed by atoms with van der Waals surface area (Å²) >= 11 is 0. The van der Waals surface area contributed by atoms with Crippen LogP contribution in [-0.4, -0.2) is 32.1 Å². The summed E-state index contributed by atoms with van der Waals surface area (Å²) in [4.78, 5) is 22.9. The smallest absolute Gasteiger partial charge is 0.307 e. The molecule has 0 aliphatic carbocycles. The highest BCUT2D eigenvalue weighted by atomic mass is 16.5. The zero-order valence-corrected chi connectivity index (χ0v) is 10.2. The Labute approximate surface area is 106 Å². The van der Waals surface area contributed by atoms with Gasteiger partial charge in [0, 0.05) is 18.8 Å². The first-order chi connectivity index (χ1) is 8.72. The van der Waals surface area contributed by atoms with Gasteiger partial charge in [0.1, 0.15) is 0 Å². The number of ether oxygens (including phenoxy) is 1. The number of carbonyl (C=O) groups excluding carboxylic acids is 2. The van der Waals surface area contributed by atoms with Crippen LogP contribution in [-0.2, 0) is 14.3 Å². The third-order valence-corrected chi connectivity index (χ3v) is 3.01. The Morgan fingerprint density at radius 2 is 2.22 bits per heavy atom. The maximum absolute atomic E-state index is 12.0. The van der Waals surface area contributed by atoms with Crippen molar-refractivity contribution in [1.82, 2.24) is 5.32 Å². The Kier molecular flexibility index (Phi) is 3.82. The molecule has 96 valence electrons. The van der Waals surface area contributed by atoms with Gasteiger partial charge in [-0.15, -0.1) is 0 Å². The maximum atomic E-state index is 12.0. The first-order valence-corrected chi connectivity index (χ1v) is 5.89. The molecule has 1 heterocycles. The Hall–Kier alpha value is -2.04. The number of nitrogens with one attached hydrogen (secondary N) is 2. The minimum Gasteiger partial charge on any atom is -0.469 e. The summed E-state index contributed by atoms with van der Waals surface area (Å²) in [6.07, 6.45) is 0.198. The fourth-order valence-corrected chi connectivity index (χ4v) is 2.03. The Bertz CT molecular complexity index is 459. The van der Waals surface area contributed by atoms with Crippen LogP contribution in [0.25, 0.3) is 0 Å². The van der Waals surface area contributed by atoms with Crippen molar-refractivity contribution in [3.63, 3.8) is 0 Å². The predicted octanol–water partition coefficient (Wildman–Crippen LogP) is 0.875. The molecule has 5 nitrogen and oxygen atoms in total. The van der Waals surface area contributed by atoms with Crippen LogP contribution in [0.3, 0.4) is 0 Å².